The molecule has 112 valence electrons. The van der Waals surface area contributed by atoms with Gasteiger partial charge in [0.25, 0.3) is 0 Å². The smallest absolute Gasteiger partial charge is 0.134 e. The van der Waals surface area contributed by atoms with E-state index in [2.05, 4.69) is 34.4 Å². The lowest BCUT2D eigenvalue weighted by Gasteiger charge is -2.29. The summed E-state index contributed by atoms with van der Waals surface area (Å²) in [4.78, 5) is 8.81. The highest BCUT2D eigenvalue weighted by Crippen LogP contribution is 2.29. The predicted octanol–water partition coefficient (Wildman–Crippen LogP) is 3.85. The molecule has 1 aromatic heterocycles. The van der Waals surface area contributed by atoms with Gasteiger partial charge in [-0.25, -0.2) is 9.97 Å². The number of nitrogens with zero attached hydrogens (tertiary/aromatic N) is 2. The highest BCUT2D eigenvalue weighted by Gasteiger charge is 2.21. The molecule has 1 aliphatic carbocycles. The maximum absolute atomic E-state index is 4.48. The van der Waals surface area contributed by atoms with Gasteiger partial charge in [0.15, 0.2) is 0 Å². The molecule has 1 saturated carbocycles. The molecule has 1 unspecified atom stereocenters. The number of aromatic nitrogens is 2. The van der Waals surface area contributed by atoms with Gasteiger partial charge in [0, 0.05) is 18.7 Å². The van der Waals surface area contributed by atoms with Crippen molar-refractivity contribution < 1.29 is 0 Å². The van der Waals surface area contributed by atoms with Crippen LogP contribution in [-0.4, -0.2) is 23.1 Å². The molecule has 0 radical (unpaired) electrons. The molecule has 1 aliphatic rings. The zero-order valence-electron chi connectivity index (χ0n) is 13.1. The van der Waals surface area contributed by atoms with Crippen LogP contribution >= 0.6 is 0 Å². The highest BCUT2D eigenvalue weighted by molar-refractivity contribution is 5.57. The van der Waals surface area contributed by atoms with Crippen molar-refractivity contribution >= 4 is 11.6 Å². The van der Waals surface area contributed by atoms with E-state index in [4.69, 9.17) is 0 Å². The van der Waals surface area contributed by atoms with Gasteiger partial charge in [0.1, 0.15) is 18.0 Å². The molecule has 20 heavy (non-hydrogen) atoms. The lowest BCUT2D eigenvalue weighted by molar-refractivity contribution is 0.328. The van der Waals surface area contributed by atoms with Crippen LogP contribution in [0.15, 0.2) is 6.33 Å². The molecule has 0 spiro atoms. The van der Waals surface area contributed by atoms with Crippen LogP contribution in [-0.2, 0) is 6.42 Å². The van der Waals surface area contributed by atoms with Gasteiger partial charge in [-0.1, -0.05) is 32.6 Å². The van der Waals surface area contributed by atoms with E-state index >= 15 is 0 Å². The van der Waals surface area contributed by atoms with Crippen LogP contribution in [0.5, 0.6) is 0 Å². The Bertz CT molecular complexity index is 413. The molecule has 0 amide bonds. The normalized spacial score (nSPS) is 17.8. The molecule has 2 N–H and O–H groups in total. The Labute approximate surface area is 122 Å². The minimum atomic E-state index is 0.491. The third-order valence-corrected chi connectivity index (χ3v) is 4.40. The van der Waals surface area contributed by atoms with Crippen LogP contribution in [0.3, 0.4) is 0 Å². The Kier molecular flexibility index (Phi) is 5.62. The third-order valence-electron chi connectivity index (χ3n) is 4.40. The number of anilines is 2. The second-order valence-electron chi connectivity index (χ2n) is 5.88. The third kappa shape index (κ3) is 3.62. The fraction of sp³-hybridized carbons (Fsp3) is 0.750. The second-order valence-corrected chi connectivity index (χ2v) is 5.88. The van der Waals surface area contributed by atoms with Gasteiger partial charge in [-0.2, -0.15) is 0 Å². The highest BCUT2D eigenvalue weighted by atomic mass is 15.1. The van der Waals surface area contributed by atoms with Gasteiger partial charge < -0.3 is 10.6 Å². The van der Waals surface area contributed by atoms with Gasteiger partial charge in [-0.15, -0.1) is 0 Å². The van der Waals surface area contributed by atoms with E-state index in [0.29, 0.717) is 6.04 Å². The quantitative estimate of drug-likeness (QED) is 0.828. The molecule has 0 saturated heterocycles. The van der Waals surface area contributed by atoms with Crippen LogP contribution in [0.4, 0.5) is 11.6 Å². The SMILES string of the molecule is CCCc1c(NC)ncnc1NC(C)C1CCCCC1. The van der Waals surface area contributed by atoms with Gasteiger partial charge >= 0.3 is 0 Å². The Morgan fingerprint density at radius 1 is 1.20 bits per heavy atom. The standard InChI is InChI=1S/C16H28N4/c1-4-8-14-15(17-3)18-11-19-16(14)20-12(2)13-9-6-5-7-10-13/h11-13H,4-10H2,1-3H3,(H2,17,18,19,20). The van der Waals surface area contributed by atoms with E-state index in [9.17, 15) is 0 Å². The zero-order valence-corrected chi connectivity index (χ0v) is 13.1. The van der Waals surface area contributed by atoms with E-state index in [0.717, 1.165) is 30.4 Å². The molecule has 2 rings (SSSR count). The largest absolute Gasteiger partial charge is 0.373 e. The molecule has 0 aromatic carbocycles. The minimum Gasteiger partial charge on any atom is -0.373 e. The first-order chi connectivity index (χ1) is 9.76. The van der Waals surface area contributed by atoms with Crippen molar-refractivity contribution in [2.45, 2.75) is 64.8 Å². The summed E-state index contributed by atoms with van der Waals surface area (Å²) in [5.74, 6) is 2.76. The summed E-state index contributed by atoms with van der Waals surface area (Å²) in [7, 11) is 1.93. The van der Waals surface area contributed by atoms with Crippen molar-refractivity contribution in [2.24, 2.45) is 5.92 Å². The van der Waals surface area contributed by atoms with Crippen molar-refractivity contribution in [3.05, 3.63) is 11.9 Å². The molecule has 1 fully saturated rings. The number of nitrogens with one attached hydrogen (secondary N) is 2. The molecule has 4 heteroatoms. The Balaban J connectivity index is 2.10. The van der Waals surface area contributed by atoms with Gasteiger partial charge in [0.2, 0.25) is 0 Å². The summed E-state index contributed by atoms with van der Waals surface area (Å²) in [6.07, 6.45) is 10.6. The topological polar surface area (TPSA) is 49.8 Å². The monoisotopic (exact) mass is 276 g/mol. The molecule has 4 nitrogen and oxygen atoms in total. The number of rotatable bonds is 6. The van der Waals surface area contributed by atoms with Crippen LogP contribution in [0.25, 0.3) is 0 Å². The van der Waals surface area contributed by atoms with Crippen LogP contribution < -0.4 is 10.6 Å². The first-order valence-electron chi connectivity index (χ1n) is 8.04. The van der Waals surface area contributed by atoms with E-state index in [1.54, 1.807) is 6.33 Å². The maximum Gasteiger partial charge on any atom is 0.134 e. The summed E-state index contributed by atoms with van der Waals surface area (Å²) in [6.45, 7) is 4.49. The molecule has 0 bridgehead atoms. The Hall–Kier alpha value is -1.32. The lowest BCUT2D eigenvalue weighted by Crippen LogP contribution is -2.28. The van der Waals surface area contributed by atoms with Crippen LogP contribution in [0.1, 0.15) is 57.9 Å². The second kappa shape index (κ2) is 7.46. The molecule has 1 aromatic rings. The van der Waals surface area contributed by atoms with Crippen molar-refractivity contribution in [2.75, 3.05) is 17.7 Å². The summed E-state index contributed by atoms with van der Waals surface area (Å²) in [5.41, 5.74) is 1.22. The van der Waals surface area contributed by atoms with Crippen molar-refractivity contribution in [1.29, 1.82) is 0 Å². The lowest BCUT2D eigenvalue weighted by atomic mass is 9.84. The Morgan fingerprint density at radius 3 is 2.55 bits per heavy atom. The average Bonchev–Trinajstić information content (AvgIpc) is 2.50. The zero-order chi connectivity index (χ0) is 14.4. The fourth-order valence-corrected chi connectivity index (χ4v) is 3.21. The minimum absolute atomic E-state index is 0.491. The van der Waals surface area contributed by atoms with Gasteiger partial charge in [-0.3, -0.25) is 0 Å². The fourth-order valence-electron chi connectivity index (χ4n) is 3.21. The van der Waals surface area contributed by atoms with E-state index in [-0.39, 0.29) is 0 Å². The molecule has 1 heterocycles. The predicted molar refractivity (Wildman–Crippen MR) is 85.2 cm³/mol. The van der Waals surface area contributed by atoms with E-state index in [1.165, 1.54) is 37.7 Å². The first kappa shape index (κ1) is 15.1. The first-order valence-corrected chi connectivity index (χ1v) is 8.04. The number of hydrogen-bond donors (Lipinski definition) is 2. The summed E-state index contributed by atoms with van der Waals surface area (Å²) >= 11 is 0. The molecular weight excluding hydrogens is 248 g/mol. The summed E-state index contributed by atoms with van der Waals surface area (Å²) < 4.78 is 0. The van der Waals surface area contributed by atoms with Crippen LogP contribution in [0.2, 0.25) is 0 Å². The van der Waals surface area contributed by atoms with Crippen molar-refractivity contribution in [3.8, 4) is 0 Å². The molecular formula is C16H28N4. The van der Waals surface area contributed by atoms with E-state index < -0.39 is 0 Å². The summed E-state index contributed by atoms with van der Waals surface area (Å²) in [6, 6.07) is 0.491. The number of hydrogen-bond acceptors (Lipinski definition) is 4. The maximum atomic E-state index is 4.48. The van der Waals surface area contributed by atoms with Gasteiger partial charge in [-0.05, 0) is 32.1 Å². The van der Waals surface area contributed by atoms with Crippen LogP contribution in [0, 0.1) is 5.92 Å². The molecule has 0 aliphatic heterocycles. The summed E-state index contributed by atoms with van der Waals surface area (Å²) in [5, 5.41) is 6.83. The van der Waals surface area contributed by atoms with Gasteiger partial charge in [0.05, 0.1) is 0 Å². The van der Waals surface area contributed by atoms with E-state index in [1.807, 2.05) is 7.05 Å². The van der Waals surface area contributed by atoms with Crippen molar-refractivity contribution in [1.82, 2.24) is 9.97 Å². The average molecular weight is 276 g/mol. The molecule has 1 atom stereocenters. The Morgan fingerprint density at radius 2 is 1.90 bits per heavy atom. The van der Waals surface area contributed by atoms with Crippen molar-refractivity contribution in [3.63, 3.8) is 0 Å².